The first-order chi connectivity index (χ1) is 16.7. The molecular weight excluding hydrogens is 436 g/mol. The normalized spacial score (nSPS) is 18.0. The van der Waals surface area contributed by atoms with E-state index in [0.29, 0.717) is 42.3 Å². The van der Waals surface area contributed by atoms with Crippen LogP contribution in [0, 0.1) is 0 Å². The first-order valence-corrected chi connectivity index (χ1v) is 11.1. The first-order valence-electron chi connectivity index (χ1n) is 11.1. The minimum atomic E-state index is -0.260. The third-order valence-electron chi connectivity index (χ3n) is 5.96. The zero-order valence-electron chi connectivity index (χ0n) is 18.2. The quantitative estimate of drug-likeness (QED) is 0.323. The second kappa shape index (κ2) is 8.59. The minimum Gasteiger partial charge on any atom is -0.393 e. The van der Waals surface area contributed by atoms with Gasteiger partial charge in [-0.1, -0.05) is 22.6 Å². The molecule has 0 spiro atoms. The third kappa shape index (κ3) is 4.08. The Morgan fingerprint density at radius 3 is 2.79 bits per heavy atom. The van der Waals surface area contributed by atoms with E-state index < -0.39 is 0 Å². The maximum atomic E-state index is 9.76. The summed E-state index contributed by atoms with van der Waals surface area (Å²) in [6.07, 6.45) is 8.27. The zero-order chi connectivity index (χ0) is 22.9. The van der Waals surface area contributed by atoms with Crippen LogP contribution in [0.5, 0.6) is 0 Å². The summed E-state index contributed by atoms with van der Waals surface area (Å²) in [5.74, 6) is 1.17. The second-order valence-electron chi connectivity index (χ2n) is 8.33. The molecule has 13 heteroatoms. The molecule has 2 atom stereocenters. The predicted octanol–water partition coefficient (Wildman–Crippen LogP) is 1.16. The molecule has 1 aliphatic carbocycles. The number of nitrogens with zero attached hydrogens (tertiary/aromatic N) is 10. The van der Waals surface area contributed by atoms with E-state index in [2.05, 4.69) is 51.3 Å². The Bertz CT molecular complexity index is 1390. The summed E-state index contributed by atoms with van der Waals surface area (Å²) in [7, 11) is 0. The Balaban J connectivity index is 1.19. The molecule has 0 amide bonds. The van der Waals surface area contributed by atoms with Gasteiger partial charge in [-0.25, -0.2) is 4.98 Å². The van der Waals surface area contributed by atoms with E-state index in [1.54, 1.807) is 10.9 Å². The van der Waals surface area contributed by atoms with E-state index in [4.69, 9.17) is 0 Å². The summed E-state index contributed by atoms with van der Waals surface area (Å²) in [4.78, 5) is 8.98. The lowest BCUT2D eigenvalue weighted by Crippen LogP contribution is -2.18. The Labute approximate surface area is 193 Å². The molecule has 4 heterocycles. The molecule has 0 bridgehead atoms. The highest BCUT2D eigenvalue weighted by Crippen LogP contribution is 2.24. The van der Waals surface area contributed by atoms with Crippen molar-refractivity contribution in [2.75, 3.05) is 5.32 Å². The first kappa shape index (κ1) is 20.4. The lowest BCUT2D eigenvalue weighted by atomic mass is 10.1. The zero-order valence-corrected chi connectivity index (χ0v) is 18.2. The molecule has 0 aliphatic heterocycles. The number of H-pyrrole nitrogens is 1. The molecule has 172 valence electrons. The van der Waals surface area contributed by atoms with Gasteiger partial charge >= 0.3 is 0 Å². The van der Waals surface area contributed by atoms with E-state index >= 15 is 0 Å². The number of hydrogen-bond donors (Lipinski definition) is 3. The van der Waals surface area contributed by atoms with Gasteiger partial charge in [0, 0.05) is 30.8 Å². The van der Waals surface area contributed by atoms with Gasteiger partial charge in [0.2, 0.25) is 5.95 Å². The van der Waals surface area contributed by atoms with E-state index in [1.807, 2.05) is 41.3 Å². The van der Waals surface area contributed by atoms with Crippen LogP contribution in [-0.2, 0) is 13.0 Å². The molecule has 1 saturated carbocycles. The number of aliphatic hydroxyl groups is 1. The highest BCUT2D eigenvalue weighted by atomic mass is 16.3. The third-order valence-corrected chi connectivity index (χ3v) is 5.96. The number of anilines is 1. The standard InChI is InChI=1S/C21H22N12O/c34-17-6-3-15(9-17)24-21-22-11-18-20(25-21)33(31-26-18)16-4-1-13(2-5-16)14-10-23-32(12-14)8-7-19-27-29-30-28-19/h1-2,4-5,10-12,15,17,34H,3,6-9H2,(H,22,24,25)(H,27,28,29,30)/t15-,17-/m1/s1. The van der Waals surface area contributed by atoms with Crippen molar-refractivity contribution in [1.82, 2.24) is 55.4 Å². The Hall–Kier alpha value is -4.26. The van der Waals surface area contributed by atoms with Gasteiger partial charge in [0.05, 0.1) is 24.2 Å². The van der Waals surface area contributed by atoms with Gasteiger partial charge in [-0.05, 0) is 37.0 Å². The smallest absolute Gasteiger partial charge is 0.225 e. The largest absolute Gasteiger partial charge is 0.393 e. The summed E-state index contributed by atoms with van der Waals surface area (Å²) >= 11 is 0. The van der Waals surface area contributed by atoms with Crippen LogP contribution >= 0.6 is 0 Å². The van der Waals surface area contributed by atoms with E-state index in [1.165, 1.54) is 0 Å². The minimum absolute atomic E-state index is 0.171. The molecule has 0 saturated heterocycles. The molecular formula is C21H22N12O. The highest BCUT2D eigenvalue weighted by Gasteiger charge is 2.23. The van der Waals surface area contributed by atoms with E-state index in [0.717, 1.165) is 29.7 Å². The summed E-state index contributed by atoms with van der Waals surface area (Å²) in [5.41, 5.74) is 4.13. The fraction of sp³-hybridized carbons (Fsp3) is 0.333. The van der Waals surface area contributed by atoms with Crippen LogP contribution in [0.15, 0.2) is 42.9 Å². The number of aryl methyl sites for hydroxylation is 2. The number of benzene rings is 1. The summed E-state index contributed by atoms with van der Waals surface area (Å²) in [6, 6.07) is 8.16. The number of fused-ring (bicyclic) bond motifs is 1. The molecule has 4 aromatic heterocycles. The van der Waals surface area contributed by atoms with Crippen LogP contribution in [0.2, 0.25) is 0 Å². The van der Waals surface area contributed by atoms with Crippen LogP contribution < -0.4 is 5.32 Å². The molecule has 13 nitrogen and oxygen atoms in total. The number of aromatic nitrogens is 11. The van der Waals surface area contributed by atoms with Crippen molar-refractivity contribution < 1.29 is 5.11 Å². The van der Waals surface area contributed by atoms with Crippen molar-refractivity contribution >= 4 is 17.1 Å². The Morgan fingerprint density at radius 1 is 1.09 bits per heavy atom. The van der Waals surface area contributed by atoms with Crippen molar-refractivity contribution in [2.24, 2.45) is 0 Å². The van der Waals surface area contributed by atoms with Crippen LogP contribution in [0.3, 0.4) is 0 Å². The predicted molar refractivity (Wildman–Crippen MR) is 121 cm³/mol. The van der Waals surface area contributed by atoms with Crippen LogP contribution in [-0.4, -0.2) is 72.6 Å². The number of aromatic amines is 1. The van der Waals surface area contributed by atoms with Crippen LogP contribution in [0.4, 0.5) is 5.95 Å². The van der Waals surface area contributed by atoms with Gasteiger partial charge in [-0.15, -0.1) is 15.3 Å². The number of nitrogens with one attached hydrogen (secondary N) is 2. The van der Waals surface area contributed by atoms with E-state index in [-0.39, 0.29) is 12.1 Å². The molecule has 1 aliphatic rings. The molecule has 5 aromatic rings. The van der Waals surface area contributed by atoms with Crippen molar-refractivity contribution in [1.29, 1.82) is 0 Å². The second-order valence-corrected chi connectivity index (χ2v) is 8.33. The molecule has 0 radical (unpaired) electrons. The average molecular weight is 458 g/mol. The summed E-state index contributed by atoms with van der Waals surface area (Å²) < 4.78 is 3.56. The SMILES string of the molecule is O[C@@H]1CC[C@@H](Nc2ncc3nnn(-c4ccc(-c5cnn(CCc6nn[nH]n6)c5)cc4)c3n2)C1. The van der Waals surface area contributed by atoms with Crippen molar-refractivity contribution in [3.63, 3.8) is 0 Å². The van der Waals surface area contributed by atoms with Gasteiger partial charge in [-0.3, -0.25) is 4.68 Å². The summed E-state index contributed by atoms with van der Waals surface area (Å²) in [6.45, 7) is 0.665. The topological polar surface area (TPSA) is 161 Å². The average Bonchev–Trinajstić information content (AvgIpc) is 3.65. The Morgan fingerprint density at radius 2 is 2.00 bits per heavy atom. The monoisotopic (exact) mass is 458 g/mol. The van der Waals surface area contributed by atoms with Crippen molar-refractivity contribution in [3.8, 4) is 16.8 Å². The highest BCUT2D eigenvalue weighted by molar-refractivity contribution is 5.72. The maximum absolute atomic E-state index is 9.76. The molecule has 6 rings (SSSR count). The number of hydrogen-bond acceptors (Lipinski definition) is 10. The fourth-order valence-corrected chi connectivity index (χ4v) is 4.18. The lowest BCUT2D eigenvalue weighted by molar-refractivity contribution is 0.182. The van der Waals surface area contributed by atoms with Crippen LogP contribution in [0.25, 0.3) is 28.0 Å². The van der Waals surface area contributed by atoms with Gasteiger partial charge < -0.3 is 10.4 Å². The summed E-state index contributed by atoms with van der Waals surface area (Å²) in [5, 5.41) is 39.9. The van der Waals surface area contributed by atoms with Gasteiger partial charge in [0.25, 0.3) is 0 Å². The fourth-order valence-electron chi connectivity index (χ4n) is 4.18. The van der Waals surface area contributed by atoms with Crippen LogP contribution in [0.1, 0.15) is 25.1 Å². The van der Waals surface area contributed by atoms with Gasteiger partial charge in [-0.2, -0.15) is 20.0 Å². The van der Waals surface area contributed by atoms with Crippen molar-refractivity contribution in [3.05, 3.63) is 48.7 Å². The molecule has 34 heavy (non-hydrogen) atoms. The lowest BCUT2D eigenvalue weighted by Gasteiger charge is -2.11. The van der Waals surface area contributed by atoms with E-state index in [9.17, 15) is 5.11 Å². The number of aliphatic hydroxyl groups excluding tert-OH is 1. The molecule has 1 fully saturated rings. The van der Waals surface area contributed by atoms with Gasteiger partial charge in [0.15, 0.2) is 17.0 Å². The number of tetrazole rings is 1. The molecule has 3 N–H and O–H groups in total. The Kier molecular flexibility index (Phi) is 5.14. The van der Waals surface area contributed by atoms with Crippen molar-refractivity contribution in [2.45, 2.75) is 44.4 Å². The van der Waals surface area contributed by atoms with Gasteiger partial charge in [0.1, 0.15) is 0 Å². The number of rotatable bonds is 7. The molecule has 0 unspecified atom stereocenters. The molecule has 1 aromatic carbocycles. The maximum Gasteiger partial charge on any atom is 0.225 e.